The summed E-state index contributed by atoms with van der Waals surface area (Å²) in [6.45, 7) is 4.41. The number of esters is 1. The van der Waals surface area contributed by atoms with Crippen molar-refractivity contribution in [1.29, 1.82) is 0 Å². The van der Waals surface area contributed by atoms with Gasteiger partial charge in [0.1, 0.15) is 5.60 Å². The maximum absolute atomic E-state index is 11.8. The van der Waals surface area contributed by atoms with Crippen LogP contribution in [0, 0.1) is 0 Å². The van der Waals surface area contributed by atoms with Gasteiger partial charge in [-0.25, -0.2) is 4.79 Å². The lowest BCUT2D eigenvalue weighted by Gasteiger charge is -2.25. The van der Waals surface area contributed by atoms with Crippen molar-refractivity contribution in [2.75, 3.05) is 34.3 Å². The molecule has 7 heteroatoms. The van der Waals surface area contributed by atoms with Crippen molar-refractivity contribution in [1.82, 2.24) is 10.2 Å². The van der Waals surface area contributed by atoms with Crippen LogP contribution in [0.1, 0.15) is 26.7 Å². The van der Waals surface area contributed by atoms with Crippen LogP contribution in [0.25, 0.3) is 0 Å². The Bertz CT molecular complexity index is 319. The molecule has 0 aromatic rings. The van der Waals surface area contributed by atoms with E-state index in [0.717, 1.165) is 6.54 Å². The summed E-state index contributed by atoms with van der Waals surface area (Å²) in [6.07, 6.45) is 0.163. The highest BCUT2D eigenvalue weighted by molar-refractivity contribution is 5.72. The third-order valence-corrected chi connectivity index (χ3v) is 2.75. The topological polar surface area (TPSA) is 93.9 Å². The molecule has 1 atom stereocenters. The average molecular weight is 289 g/mol. The molecular weight excluding hydrogens is 262 g/mol. The van der Waals surface area contributed by atoms with Crippen molar-refractivity contribution < 1.29 is 19.1 Å². The molecule has 7 nitrogen and oxygen atoms in total. The lowest BCUT2D eigenvalue weighted by Crippen LogP contribution is -2.44. The summed E-state index contributed by atoms with van der Waals surface area (Å²) in [5.74, 6) is -0.368. The van der Waals surface area contributed by atoms with Crippen LogP contribution < -0.4 is 11.1 Å². The average Bonchev–Trinajstić information content (AvgIpc) is 2.34. The highest BCUT2D eigenvalue weighted by Gasteiger charge is 2.24. The van der Waals surface area contributed by atoms with Crippen LogP contribution in [0.2, 0.25) is 0 Å². The van der Waals surface area contributed by atoms with E-state index in [1.807, 2.05) is 19.0 Å². The predicted molar refractivity (Wildman–Crippen MR) is 76.3 cm³/mol. The minimum atomic E-state index is -0.735. The summed E-state index contributed by atoms with van der Waals surface area (Å²) in [5.41, 5.74) is 4.77. The van der Waals surface area contributed by atoms with Crippen LogP contribution in [0.4, 0.5) is 4.79 Å². The Morgan fingerprint density at radius 1 is 1.35 bits per heavy atom. The van der Waals surface area contributed by atoms with E-state index in [1.165, 1.54) is 7.11 Å². The number of carbonyl (C=O) groups is 2. The van der Waals surface area contributed by atoms with E-state index < -0.39 is 11.7 Å². The molecule has 3 N–H and O–H groups in total. The summed E-state index contributed by atoms with van der Waals surface area (Å²) in [4.78, 5) is 25.1. The minimum Gasteiger partial charge on any atom is -0.469 e. The zero-order valence-electron chi connectivity index (χ0n) is 13.1. The van der Waals surface area contributed by atoms with E-state index in [1.54, 1.807) is 13.8 Å². The fourth-order valence-electron chi connectivity index (χ4n) is 1.41. The first-order valence-corrected chi connectivity index (χ1v) is 6.61. The maximum Gasteiger partial charge on any atom is 0.407 e. The monoisotopic (exact) mass is 289 g/mol. The molecule has 0 aromatic carbocycles. The van der Waals surface area contributed by atoms with Crippen molar-refractivity contribution in [3.8, 4) is 0 Å². The van der Waals surface area contributed by atoms with E-state index in [2.05, 4.69) is 10.1 Å². The van der Waals surface area contributed by atoms with Gasteiger partial charge < -0.3 is 25.4 Å². The summed E-state index contributed by atoms with van der Waals surface area (Å²) >= 11 is 0. The molecule has 0 heterocycles. The normalized spacial score (nSPS) is 12.9. The first kappa shape index (κ1) is 18.7. The SMILES string of the molecule is COC(=O)CC(CCN(C)C)NC(=O)OC(C)(C)CN. The number of hydrogen-bond donors (Lipinski definition) is 2. The quantitative estimate of drug-likeness (QED) is 0.626. The number of amides is 1. The lowest BCUT2D eigenvalue weighted by atomic mass is 10.1. The first-order valence-electron chi connectivity index (χ1n) is 6.61. The molecule has 0 saturated heterocycles. The molecule has 0 rings (SSSR count). The molecule has 1 unspecified atom stereocenters. The van der Waals surface area contributed by atoms with Crippen LogP contribution >= 0.6 is 0 Å². The molecule has 0 aromatic heterocycles. The highest BCUT2D eigenvalue weighted by Crippen LogP contribution is 2.08. The molecule has 0 aliphatic carbocycles. The van der Waals surface area contributed by atoms with Gasteiger partial charge in [0.05, 0.1) is 13.5 Å². The Labute approximate surface area is 120 Å². The Kier molecular flexibility index (Phi) is 8.17. The van der Waals surface area contributed by atoms with E-state index >= 15 is 0 Å². The van der Waals surface area contributed by atoms with Crippen molar-refractivity contribution in [3.63, 3.8) is 0 Å². The van der Waals surface area contributed by atoms with Crippen LogP contribution in [-0.2, 0) is 14.3 Å². The Morgan fingerprint density at radius 3 is 2.40 bits per heavy atom. The number of ether oxygens (including phenoxy) is 2. The fraction of sp³-hybridized carbons (Fsp3) is 0.846. The summed E-state index contributed by atoms with van der Waals surface area (Å²) in [6, 6.07) is -0.328. The predicted octanol–water partition coefficient (Wildman–Crippen LogP) is 0.333. The zero-order valence-corrected chi connectivity index (χ0v) is 13.1. The number of hydrogen-bond acceptors (Lipinski definition) is 6. The number of nitrogens with two attached hydrogens (primary N) is 1. The van der Waals surface area contributed by atoms with Crippen LogP contribution in [-0.4, -0.2) is 62.9 Å². The molecule has 0 fully saturated rings. The molecule has 0 aliphatic heterocycles. The summed E-state index contributed by atoms with van der Waals surface area (Å²) in [5, 5.41) is 2.68. The van der Waals surface area contributed by atoms with Gasteiger partial charge in [0.2, 0.25) is 0 Å². The van der Waals surface area contributed by atoms with Crippen molar-refractivity contribution >= 4 is 12.1 Å². The highest BCUT2D eigenvalue weighted by atomic mass is 16.6. The molecular formula is C13H27N3O4. The van der Waals surface area contributed by atoms with E-state index in [0.29, 0.717) is 6.42 Å². The molecule has 118 valence electrons. The Balaban J connectivity index is 4.46. The number of nitrogens with one attached hydrogen (secondary N) is 1. The van der Waals surface area contributed by atoms with Gasteiger partial charge in [-0.1, -0.05) is 0 Å². The lowest BCUT2D eigenvalue weighted by molar-refractivity contribution is -0.141. The fourth-order valence-corrected chi connectivity index (χ4v) is 1.41. The molecule has 0 saturated carbocycles. The Hall–Kier alpha value is -1.34. The number of carbonyl (C=O) groups excluding carboxylic acids is 2. The smallest absolute Gasteiger partial charge is 0.407 e. The second-order valence-corrected chi connectivity index (χ2v) is 5.57. The van der Waals surface area contributed by atoms with Gasteiger partial charge in [-0.2, -0.15) is 0 Å². The largest absolute Gasteiger partial charge is 0.469 e. The van der Waals surface area contributed by atoms with E-state index in [9.17, 15) is 9.59 Å². The molecule has 0 bridgehead atoms. The van der Waals surface area contributed by atoms with Gasteiger partial charge >= 0.3 is 12.1 Å². The summed E-state index contributed by atoms with van der Waals surface area (Å²) in [7, 11) is 5.16. The second-order valence-electron chi connectivity index (χ2n) is 5.57. The molecule has 0 spiro atoms. The molecule has 0 aliphatic rings. The van der Waals surface area contributed by atoms with Crippen LogP contribution in [0.15, 0.2) is 0 Å². The van der Waals surface area contributed by atoms with E-state index in [4.69, 9.17) is 10.5 Å². The van der Waals surface area contributed by atoms with Gasteiger partial charge in [-0.3, -0.25) is 4.79 Å². The van der Waals surface area contributed by atoms with Crippen molar-refractivity contribution in [2.45, 2.75) is 38.3 Å². The van der Waals surface area contributed by atoms with E-state index in [-0.39, 0.29) is 25.0 Å². The minimum absolute atomic E-state index is 0.114. The maximum atomic E-state index is 11.8. The summed E-state index contributed by atoms with van der Waals surface area (Å²) < 4.78 is 9.83. The molecule has 1 amide bonds. The van der Waals surface area contributed by atoms with Crippen molar-refractivity contribution in [3.05, 3.63) is 0 Å². The van der Waals surface area contributed by atoms with Gasteiger partial charge in [0.15, 0.2) is 0 Å². The van der Waals surface area contributed by atoms with Gasteiger partial charge in [0, 0.05) is 12.6 Å². The number of nitrogens with zero attached hydrogens (tertiary/aromatic N) is 1. The number of alkyl carbamates (subject to hydrolysis) is 1. The Morgan fingerprint density at radius 2 is 1.95 bits per heavy atom. The third kappa shape index (κ3) is 8.71. The van der Waals surface area contributed by atoms with Gasteiger partial charge in [0.25, 0.3) is 0 Å². The number of rotatable bonds is 8. The van der Waals surface area contributed by atoms with Gasteiger partial charge in [-0.15, -0.1) is 0 Å². The van der Waals surface area contributed by atoms with Crippen LogP contribution in [0.3, 0.4) is 0 Å². The van der Waals surface area contributed by atoms with Crippen molar-refractivity contribution in [2.24, 2.45) is 5.73 Å². The number of methoxy groups -OCH3 is 1. The standard InChI is InChI=1S/C13H27N3O4/c1-13(2,9-14)20-12(18)15-10(6-7-16(3)4)8-11(17)19-5/h10H,6-9,14H2,1-5H3,(H,15,18). The first-order chi connectivity index (χ1) is 9.20. The molecule has 0 radical (unpaired) electrons. The zero-order chi connectivity index (χ0) is 15.8. The van der Waals surface area contributed by atoms with Crippen LogP contribution in [0.5, 0.6) is 0 Å². The molecule has 20 heavy (non-hydrogen) atoms. The second kappa shape index (κ2) is 8.76. The van der Waals surface area contributed by atoms with Gasteiger partial charge in [-0.05, 0) is 40.9 Å². The third-order valence-electron chi connectivity index (χ3n) is 2.75.